The summed E-state index contributed by atoms with van der Waals surface area (Å²) in [7, 11) is 3.94. The van der Waals surface area contributed by atoms with E-state index < -0.39 is 0 Å². The first-order valence-electron chi connectivity index (χ1n) is 9.50. The molecule has 0 saturated carbocycles. The van der Waals surface area contributed by atoms with Crippen LogP contribution in [-0.4, -0.2) is 29.8 Å². The molecule has 3 aromatic carbocycles. The molecule has 0 aliphatic heterocycles. The SMILES string of the molecule is Cc1ccccc1C(=O)C(c1c(-c2ccccc2)[nH]c2ccccc12)N(C)C. The van der Waals surface area contributed by atoms with Crippen molar-refractivity contribution in [1.29, 1.82) is 0 Å². The van der Waals surface area contributed by atoms with Crippen molar-refractivity contribution in [3.8, 4) is 11.3 Å². The van der Waals surface area contributed by atoms with Crippen LogP contribution < -0.4 is 0 Å². The zero-order valence-corrected chi connectivity index (χ0v) is 16.4. The van der Waals surface area contributed by atoms with Crippen molar-refractivity contribution in [3.63, 3.8) is 0 Å². The zero-order chi connectivity index (χ0) is 19.7. The van der Waals surface area contributed by atoms with E-state index in [2.05, 4.69) is 29.2 Å². The summed E-state index contributed by atoms with van der Waals surface area (Å²) in [5.74, 6) is 0.116. The molecule has 3 nitrogen and oxygen atoms in total. The monoisotopic (exact) mass is 368 g/mol. The maximum atomic E-state index is 13.7. The van der Waals surface area contributed by atoms with Gasteiger partial charge in [-0.15, -0.1) is 0 Å². The quantitative estimate of drug-likeness (QED) is 0.464. The molecule has 0 saturated heterocycles. The highest BCUT2D eigenvalue weighted by atomic mass is 16.1. The molecule has 3 heteroatoms. The van der Waals surface area contributed by atoms with Crippen molar-refractivity contribution in [1.82, 2.24) is 9.88 Å². The van der Waals surface area contributed by atoms with E-state index >= 15 is 0 Å². The van der Waals surface area contributed by atoms with Gasteiger partial charge in [0.2, 0.25) is 0 Å². The lowest BCUT2D eigenvalue weighted by Crippen LogP contribution is -2.28. The van der Waals surface area contributed by atoms with Crippen LogP contribution in [0.15, 0.2) is 78.9 Å². The van der Waals surface area contributed by atoms with Gasteiger partial charge >= 0.3 is 0 Å². The van der Waals surface area contributed by atoms with E-state index in [0.717, 1.165) is 38.9 Å². The normalized spacial score (nSPS) is 12.4. The lowest BCUT2D eigenvalue weighted by atomic mass is 9.90. The van der Waals surface area contributed by atoms with Gasteiger partial charge in [-0.1, -0.05) is 72.8 Å². The molecule has 0 radical (unpaired) electrons. The number of hydrogen-bond acceptors (Lipinski definition) is 2. The number of Topliss-reactive ketones (excluding diaryl/α,β-unsaturated/α-hetero) is 1. The zero-order valence-electron chi connectivity index (χ0n) is 16.4. The number of likely N-dealkylation sites (N-methyl/N-ethyl adjacent to an activating group) is 1. The van der Waals surface area contributed by atoms with Crippen molar-refractivity contribution in [3.05, 3.63) is 95.6 Å². The molecule has 1 aromatic heterocycles. The molecule has 140 valence electrons. The van der Waals surface area contributed by atoms with E-state index in [1.807, 2.05) is 80.5 Å². The smallest absolute Gasteiger partial charge is 0.184 e. The van der Waals surface area contributed by atoms with Gasteiger partial charge in [0.1, 0.15) is 6.04 Å². The van der Waals surface area contributed by atoms with Crippen LogP contribution in [0.3, 0.4) is 0 Å². The number of aromatic amines is 1. The van der Waals surface area contributed by atoms with Crippen molar-refractivity contribution < 1.29 is 4.79 Å². The van der Waals surface area contributed by atoms with Crippen LogP contribution in [0.25, 0.3) is 22.2 Å². The Bertz CT molecular complexity index is 1130. The van der Waals surface area contributed by atoms with E-state index in [9.17, 15) is 4.79 Å². The fourth-order valence-corrected chi connectivity index (χ4v) is 3.90. The van der Waals surface area contributed by atoms with Crippen molar-refractivity contribution in [2.75, 3.05) is 14.1 Å². The van der Waals surface area contributed by atoms with Gasteiger partial charge in [0.15, 0.2) is 5.78 Å². The van der Waals surface area contributed by atoms with E-state index in [0.29, 0.717) is 0 Å². The standard InChI is InChI=1S/C25H24N2O/c1-17-11-7-8-14-19(17)25(28)24(27(2)3)22-20-15-9-10-16-21(20)26-23(22)18-12-5-4-6-13-18/h4-16,24,26H,1-3H3. The molecule has 0 aliphatic carbocycles. The van der Waals surface area contributed by atoms with Gasteiger partial charge in [0, 0.05) is 22.0 Å². The molecule has 28 heavy (non-hydrogen) atoms. The predicted molar refractivity (Wildman–Crippen MR) is 116 cm³/mol. The van der Waals surface area contributed by atoms with Gasteiger partial charge in [0.25, 0.3) is 0 Å². The molecule has 0 fully saturated rings. The van der Waals surface area contributed by atoms with E-state index in [4.69, 9.17) is 0 Å². The summed E-state index contributed by atoms with van der Waals surface area (Å²) in [4.78, 5) is 19.2. The number of rotatable bonds is 5. The van der Waals surface area contributed by atoms with Crippen LogP contribution in [-0.2, 0) is 0 Å². The summed E-state index contributed by atoms with van der Waals surface area (Å²) in [5, 5.41) is 1.09. The average molecular weight is 368 g/mol. The molecule has 1 N–H and O–H groups in total. The second kappa shape index (κ2) is 7.45. The summed E-state index contributed by atoms with van der Waals surface area (Å²) in [6.45, 7) is 1.99. The minimum atomic E-state index is -0.382. The number of ketones is 1. The third-order valence-corrected chi connectivity index (χ3v) is 5.26. The van der Waals surface area contributed by atoms with Crippen molar-refractivity contribution >= 4 is 16.7 Å². The molecule has 1 unspecified atom stereocenters. The largest absolute Gasteiger partial charge is 0.354 e. The number of carbonyl (C=O) groups is 1. The van der Waals surface area contributed by atoms with Gasteiger partial charge in [-0.3, -0.25) is 9.69 Å². The number of fused-ring (bicyclic) bond motifs is 1. The highest BCUT2D eigenvalue weighted by molar-refractivity contribution is 6.06. The molecule has 0 amide bonds. The topological polar surface area (TPSA) is 36.1 Å². The summed E-state index contributed by atoms with van der Waals surface area (Å²) in [5.41, 5.74) is 5.92. The number of benzene rings is 3. The second-order valence-corrected chi connectivity index (χ2v) is 7.37. The van der Waals surface area contributed by atoms with Crippen LogP contribution in [0.5, 0.6) is 0 Å². The van der Waals surface area contributed by atoms with Gasteiger partial charge in [-0.2, -0.15) is 0 Å². The molecule has 0 bridgehead atoms. The molecular formula is C25H24N2O. The Morgan fingerprint density at radius 2 is 1.50 bits per heavy atom. The summed E-state index contributed by atoms with van der Waals surface area (Å²) >= 11 is 0. The lowest BCUT2D eigenvalue weighted by molar-refractivity contribution is 0.0876. The molecule has 0 spiro atoms. The third-order valence-electron chi connectivity index (χ3n) is 5.26. The van der Waals surface area contributed by atoms with Gasteiger partial charge in [-0.05, 0) is 38.2 Å². The number of nitrogens with zero attached hydrogens (tertiary/aromatic N) is 1. The predicted octanol–water partition coefficient (Wildman–Crippen LogP) is 5.63. The Kier molecular flexibility index (Phi) is 4.84. The Labute approximate surface area is 165 Å². The van der Waals surface area contributed by atoms with Crippen LogP contribution in [0.1, 0.15) is 27.5 Å². The number of para-hydroxylation sites is 1. The molecule has 4 aromatic rings. The first-order chi connectivity index (χ1) is 13.6. The maximum Gasteiger partial charge on any atom is 0.184 e. The van der Waals surface area contributed by atoms with Crippen molar-refractivity contribution in [2.45, 2.75) is 13.0 Å². The fourth-order valence-electron chi connectivity index (χ4n) is 3.90. The average Bonchev–Trinajstić information content (AvgIpc) is 3.08. The van der Waals surface area contributed by atoms with Gasteiger partial charge < -0.3 is 4.98 Å². The van der Waals surface area contributed by atoms with Crippen LogP contribution >= 0.6 is 0 Å². The Morgan fingerprint density at radius 3 is 2.21 bits per heavy atom. The first-order valence-corrected chi connectivity index (χ1v) is 9.50. The second-order valence-electron chi connectivity index (χ2n) is 7.37. The fraction of sp³-hybridized carbons (Fsp3) is 0.160. The number of carbonyl (C=O) groups excluding carboxylic acids is 1. The molecular weight excluding hydrogens is 344 g/mol. The number of H-pyrrole nitrogens is 1. The molecule has 0 aliphatic rings. The lowest BCUT2D eigenvalue weighted by Gasteiger charge is -2.25. The molecule has 1 heterocycles. The van der Waals surface area contributed by atoms with Gasteiger partial charge in [-0.25, -0.2) is 0 Å². The Hall–Kier alpha value is -3.17. The highest BCUT2D eigenvalue weighted by Crippen LogP contribution is 2.38. The summed E-state index contributed by atoms with van der Waals surface area (Å²) in [6.07, 6.45) is 0. The molecule has 1 atom stereocenters. The van der Waals surface area contributed by atoms with E-state index in [1.54, 1.807) is 0 Å². The Balaban J connectivity index is 1.97. The van der Waals surface area contributed by atoms with Crippen LogP contribution in [0.4, 0.5) is 0 Å². The highest BCUT2D eigenvalue weighted by Gasteiger charge is 2.30. The summed E-state index contributed by atoms with van der Waals surface area (Å²) < 4.78 is 0. The number of aryl methyl sites for hydroxylation is 1. The van der Waals surface area contributed by atoms with E-state index in [1.165, 1.54) is 0 Å². The Morgan fingerprint density at radius 1 is 0.857 bits per heavy atom. The minimum Gasteiger partial charge on any atom is -0.354 e. The maximum absolute atomic E-state index is 13.7. The van der Waals surface area contributed by atoms with Crippen LogP contribution in [0, 0.1) is 6.92 Å². The van der Waals surface area contributed by atoms with Crippen molar-refractivity contribution in [2.24, 2.45) is 0 Å². The minimum absolute atomic E-state index is 0.116. The van der Waals surface area contributed by atoms with E-state index in [-0.39, 0.29) is 11.8 Å². The summed E-state index contributed by atoms with van der Waals surface area (Å²) in [6, 6.07) is 25.9. The number of aromatic nitrogens is 1. The first kappa shape index (κ1) is 18.2. The third kappa shape index (κ3) is 3.14. The van der Waals surface area contributed by atoms with Crippen LogP contribution in [0.2, 0.25) is 0 Å². The molecule has 4 rings (SSSR count). The number of nitrogens with one attached hydrogen (secondary N) is 1. The number of hydrogen-bond donors (Lipinski definition) is 1. The van der Waals surface area contributed by atoms with Gasteiger partial charge in [0.05, 0.1) is 5.69 Å².